The predicted octanol–water partition coefficient (Wildman–Crippen LogP) is 1.48. The monoisotopic (exact) mass is 162 g/mol. The summed E-state index contributed by atoms with van der Waals surface area (Å²) < 4.78 is 0. The molecule has 0 radical (unpaired) electrons. The summed E-state index contributed by atoms with van der Waals surface area (Å²) in [6.45, 7) is 6.01. The van der Waals surface area contributed by atoms with Crippen molar-refractivity contribution in [3.05, 3.63) is 42.5 Å². The number of benzene rings is 1. The van der Waals surface area contributed by atoms with Gasteiger partial charge < -0.3 is 0 Å². The molecule has 0 spiro atoms. The first-order valence-electron chi connectivity index (χ1n) is 3.97. The molecule has 1 heteroatoms. The lowest BCUT2D eigenvalue weighted by atomic mass is 10.4. The first-order valence-corrected chi connectivity index (χ1v) is 5.68. The largest absolute Gasteiger partial charge is 0.100 e. The number of hydrogen-bond donors (Lipinski definition) is 0. The molecule has 58 valence electrons. The summed E-state index contributed by atoms with van der Waals surface area (Å²) in [5, 5.41) is 1.54. The molecule has 0 fully saturated rings. The molecule has 0 atom stereocenters. The summed E-state index contributed by atoms with van der Waals surface area (Å²) in [6.07, 6.45) is 0. The molecule has 0 aliphatic heterocycles. The fourth-order valence-electron chi connectivity index (χ4n) is 1.00. The van der Waals surface area contributed by atoms with Crippen molar-refractivity contribution in [2.45, 2.75) is 13.0 Å². The van der Waals surface area contributed by atoms with Crippen molar-refractivity contribution < 1.29 is 0 Å². The number of allylic oxidation sites excluding steroid dienone is 1. The van der Waals surface area contributed by atoms with Crippen molar-refractivity contribution in [1.29, 1.82) is 0 Å². The van der Waals surface area contributed by atoms with Gasteiger partial charge in [0, 0.05) is 0 Å². The van der Waals surface area contributed by atoms with Gasteiger partial charge in [-0.05, 0) is 13.0 Å². The fraction of sp³-hybridized carbons (Fsp3) is 0.200. The third kappa shape index (κ3) is 3.19. The topological polar surface area (TPSA) is 0 Å². The summed E-state index contributed by atoms with van der Waals surface area (Å²) in [5.74, 6) is 0. The highest BCUT2D eigenvalue weighted by Crippen LogP contribution is 1.94. The van der Waals surface area contributed by atoms with Gasteiger partial charge >= 0.3 is 0 Å². The molecule has 1 rings (SSSR count). The smallest absolute Gasteiger partial charge is 0.0587 e. The minimum Gasteiger partial charge on any atom is -0.100 e. The van der Waals surface area contributed by atoms with E-state index in [2.05, 4.69) is 43.8 Å². The second-order valence-corrected chi connectivity index (χ2v) is 4.76. The molecule has 11 heavy (non-hydrogen) atoms. The predicted molar refractivity (Wildman–Crippen MR) is 54.2 cm³/mol. The quantitative estimate of drug-likeness (QED) is 0.466. The van der Waals surface area contributed by atoms with Gasteiger partial charge in [-0.3, -0.25) is 0 Å². The summed E-state index contributed by atoms with van der Waals surface area (Å²) >= 11 is 0. The van der Waals surface area contributed by atoms with Gasteiger partial charge in [0.1, 0.15) is 0 Å². The Bertz CT molecular complexity index is 226. The Hall–Kier alpha value is -0.823. The van der Waals surface area contributed by atoms with Crippen molar-refractivity contribution in [3.8, 4) is 0 Å². The van der Waals surface area contributed by atoms with Crippen LogP contribution in [0.25, 0.3) is 0 Å². The summed E-state index contributed by atoms with van der Waals surface area (Å²) in [4.78, 5) is 0. The Morgan fingerprint density at radius 2 is 2.00 bits per heavy atom. The molecule has 0 amide bonds. The molecule has 1 aromatic rings. The Morgan fingerprint density at radius 1 is 1.36 bits per heavy atom. The van der Waals surface area contributed by atoms with Crippen molar-refractivity contribution in [2.75, 3.05) is 0 Å². The zero-order valence-electron chi connectivity index (χ0n) is 7.01. The normalized spacial score (nSPS) is 10.6. The Morgan fingerprint density at radius 3 is 2.55 bits per heavy atom. The molecule has 0 aromatic heterocycles. The first kappa shape index (κ1) is 8.28. The maximum atomic E-state index is 3.90. The molecular weight excluding hydrogens is 148 g/mol. The molecule has 0 N–H and O–H groups in total. The van der Waals surface area contributed by atoms with Gasteiger partial charge in [-0.25, -0.2) is 0 Å². The number of hydrogen-bond acceptors (Lipinski definition) is 0. The van der Waals surface area contributed by atoms with E-state index in [4.69, 9.17) is 0 Å². The van der Waals surface area contributed by atoms with E-state index in [9.17, 15) is 0 Å². The Labute approximate surface area is 70.8 Å². The lowest BCUT2D eigenvalue weighted by Crippen LogP contribution is -2.12. The molecule has 0 bridgehead atoms. The molecule has 1 aromatic carbocycles. The standard InChI is InChI=1S/C10H14Si/c1-9(2)8-11-10-6-4-3-5-7-10/h3-7H,1,8,11H2,2H3. The van der Waals surface area contributed by atoms with E-state index >= 15 is 0 Å². The van der Waals surface area contributed by atoms with E-state index in [1.807, 2.05) is 0 Å². The Kier molecular flexibility index (Phi) is 3.11. The van der Waals surface area contributed by atoms with Gasteiger partial charge in [0.25, 0.3) is 0 Å². The van der Waals surface area contributed by atoms with Gasteiger partial charge in [0.05, 0.1) is 9.52 Å². The van der Waals surface area contributed by atoms with Crippen LogP contribution in [-0.2, 0) is 0 Å². The minimum atomic E-state index is -0.0584. The van der Waals surface area contributed by atoms with Crippen LogP contribution >= 0.6 is 0 Å². The van der Waals surface area contributed by atoms with E-state index in [1.165, 1.54) is 16.8 Å². The van der Waals surface area contributed by atoms with Crippen LogP contribution in [0.3, 0.4) is 0 Å². The van der Waals surface area contributed by atoms with Crippen molar-refractivity contribution in [3.63, 3.8) is 0 Å². The third-order valence-corrected chi connectivity index (χ3v) is 3.84. The molecule has 0 heterocycles. The maximum Gasteiger partial charge on any atom is 0.0587 e. The minimum absolute atomic E-state index is 0.0584. The van der Waals surface area contributed by atoms with Crippen molar-refractivity contribution in [2.24, 2.45) is 0 Å². The van der Waals surface area contributed by atoms with Crippen LogP contribution in [-0.4, -0.2) is 9.52 Å². The highest BCUT2D eigenvalue weighted by molar-refractivity contribution is 6.54. The maximum absolute atomic E-state index is 3.90. The molecule has 0 nitrogen and oxygen atoms in total. The summed E-state index contributed by atoms with van der Waals surface area (Å²) in [6, 6.07) is 12.0. The average molecular weight is 162 g/mol. The first-order chi connectivity index (χ1) is 5.29. The highest BCUT2D eigenvalue weighted by atomic mass is 28.2. The summed E-state index contributed by atoms with van der Waals surface area (Å²) in [7, 11) is -0.0584. The van der Waals surface area contributed by atoms with Crippen LogP contribution in [0, 0.1) is 0 Å². The van der Waals surface area contributed by atoms with Crippen LogP contribution in [0.1, 0.15) is 6.92 Å². The van der Waals surface area contributed by atoms with Crippen LogP contribution < -0.4 is 5.19 Å². The molecule has 0 aliphatic rings. The Balaban J connectivity index is 2.45. The van der Waals surface area contributed by atoms with E-state index in [-0.39, 0.29) is 9.52 Å². The third-order valence-electron chi connectivity index (χ3n) is 1.68. The van der Waals surface area contributed by atoms with Crippen molar-refractivity contribution in [1.82, 2.24) is 0 Å². The second kappa shape index (κ2) is 4.14. The van der Waals surface area contributed by atoms with Crippen LogP contribution in [0.4, 0.5) is 0 Å². The molecule has 0 saturated heterocycles. The van der Waals surface area contributed by atoms with E-state index in [1.54, 1.807) is 0 Å². The molecule has 0 unspecified atom stereocenters. The van der Waals surface area contributed by atoms with E-state index in [0.29, 0.717) is 0 Å². The van der Waals surface area contributed by atoms with Crippen molar-refractivity contribution >= 4 is 14.7 Å². The zero-order chi connectivity index (χ0) is 8.10. The molecular formula is C10H14Si. The lowest BCUT2D eigenvalue weighted by Gasteiger charge is -1.98. The average Bonchev–Trinajstić information content (AvgIpc) is 2.03. The lowest BCUT2D eigenvalue weighted by molar-refractivity contribution is 1.40. The molecule has 0 saturated carbocycles. The van der Waals surface area contributed by atoms with E-state index in [0.717, 1.165) is 0 Å². The van der Waals surface area contributed by atoms with Gasteiger partial charge in [-0.1, -0.05) is 41.1 Å². The SMILES string of the molecule is C=C(C)C[SiH2]c1ccccc1. The van der Waals surface area contributed by atoms with Crippen LogP contribution in [0.15, 0.2) is 42.5 Å². The second-order valence-electron chi connectivity index (χ2n) is 2.94. The molecule has 0 aliphatic carbocycles. The van der Waals surface area contributed by atoms with E-state index < -0.39 is 0 Å². The van der Waals surface area contributed by atoms with Gasteiger partial charge in [-0.15, -0.1) is 6.58 Å². The fourth-order valence-corrected chi connectivity index (χ4v) is 2.32. The van der Waals surface area contributed by atoms with Gasteiger partial charge in [0.15, 0.2) is 0 Å². The number of rotatable bonds is 3. The van der Waals surface area contributed by atoms with Crippen LogP contribution in [0.5, 0.6) is 0 Å². The zero-order valence-corrected chi connectivity index (χ0v) is 8.42. The van der Waals surface area contributed by atoms with Gasteiger partial charge in [0.2, 0.25) is 0 Å². The highest BCUT2D eigenvalue weighted by Gasteiger charge is 1.91. The summed E-state index contributed by atoms with van der Waals surface area (Å²) in [5.41, 5.74) is 1.32. The van der Waals surface area contributed by atoms with Crippen LogP contribution in [0.2, 0.25) is 6.04 Å². The van der Waals surface area contributed by atoms with Gasteiger partial charge in [-0.2, -0.15) is 0 Å².